The number of nitrogens with zero attached hydrogens (tertiary/aromatic N) is 3. The molecule has 1 unspecified atom stereocenters. The van der Waals surface area contributed by atoms with Crippen molar-refractivity contribution in [3.05, 3.63) is 11.4 Å². The maximum Gasteiger partial charge on any atom is 0.241 e. The molecular weight excluding hydrogens is 252 g/mol. The molecule has 5 nitrogen and oxygen atoms in total. The van der Waals surface area contributed by atoms with E-state index in [0.717, 1.165) is 36.1 Å². The van der Waals surface area contributed by atoms with Gasteiger partial charge in [-0.05, 0) is 52.6 Å². The fourth-order valence-electron chi connectivity index (χ4n) is 2.76. The molecular formula is C15H26N4O. The second-order valence-corrected chi connectivity index (χ2v) is 6.05. The fourth-order valence-corrected chi connectivity index (χ4v) is 2.76. The van der Waals surface area contributed by atoms with E-state index in [2.05, 4.69) is 22.2 Å². The van der Waals surface area contributed by atoms with Crippen LogP contribution in [0.3, 0.4) is 0 Å². The monoisotopic (exact) mass is 278 g/mol. The summed E-state index contributed by atoms with van der Waals surface area (Å²) in [7, 11) is 1.90. The SMILES string of the molecule is Cc1nn(C)c(C)c1NC(=O)C(C)N1CCC(C)CC1. The van der Waals surface area contributed by atoms with E-state index in [0.29, 0.717) is 0 Å². The van der Waals surface area contributed by atoms with Gasteiger partial charge in [0.25, 0.3) is 0 Å². The first-order valence-electron chi connectivity index (χ1n) is 7.45. The zero-order valence-electron chi connectivity index (χ0n) is 13.2. The summed E-state index contributed by atoms with van der Waals surface area (Å²) in [6.45, 7) is 10.2. The summed E-state index contributed by atoms with van der Waals surface area (Å²) in [5, 5.41) is 7.38. The standard InChI is InChI=1S/C15H26N4O/c1-10-6-8-19(9-7-10)13(4)15(20)16-14-11(2)17-18(5)12(14)3/h10,13H,6-9H2,1-5H3,(H,16,20). The fraction of sp³-hybridized carbons (Fsp3) is 0.733. The van der Waals surface area contributed by atoms with Crippen LogP contribution in [0.15, 0.2) is 0 Å². The van der Waals surface area contributed by atoms with Crippen LogP contribution in [0, 0.1) is 19.8 Å². The van der Waals surface area contributed by atoms with E-state index in [-0.39, 0.29) is 11.9 Å². The molecule has 0 spiro atoms. The van der Waals surface area contributed by atoms with Crippen molar-refractivity contribution in [3.8, 4) is 0 Å². The quantitative estimate of drug-likeness (QED) is 0.921. The van der Waals surface area contributed by atoms with E-state index in [1.54, 1.807) is 4.68 Å². The first kappa shape index (κ1) is 15.0. The Morgan fingerprint density at radius 3 is 2.45 bits per heavy atom. The molecule has 2 rings (SSSR count). The Hall–Kier alpha value is -1.36. The van der Waals surface area contributed by atoms with Gasteiger partial charge in [0, 0.05) is 7.05 Å². The minimum atomic E-state index is -0.0819. The average molecular weight is 278 g/mol. The lowest BCUT2D eigenvalue weighted by atomic mass is 9.98. The number of carbonyl (C=O) groups excluding carboxylic acids is 1. The van der Waals surface area contributed by atoms with Gasteiger partial charge in [-0.2, -0.15) is 5.10 Å². The molecule has 2 heterocycles. The van der Waals surface area contributed by atoms with Crippen LogP contribution >= 0.6 is 0 Å². The van der Waals surface area contributed by atoms with Crippen molar-refractivity contribution >= 4 is 11.6 Å². The number of aryl methyl sites for hydroxylation is 2. The van der Waals surface area contributed by atoms with Crippen molar-refractivity contribution in [1.29, 1.82) is 0 Å². The second-order valence-electron chi connectivity index (χ2n) is 6.05. The van der Waals surface area contributed by atoms with Gasteiger partial charge in [-0.15, -0.1) is 0 Å². The van der Waals surface area contributed by atoms with Crippen molar-refractivity contribution in [2.24, 2.45) is 13.0 Å². The Morgan fingerprint density at radius 2 is 1.95 bits per heavy atom. The molecule has 5 heteroatoms. The highest BCUT2D eigenvalue weighted by atomic mass is 16.2. The molecule has 0 aromatic carbocycles. The van der Waals surface area contributed by atoms with E-state index in [1.165, 1.54) is 12.8 Å². The summed E-state index contributed by atoms with van der Waals surface area (Å²) < 4.78 is 1.80. The van der Waals surface area contributed by atoms with Crippen LogP contribution < -0.4 is 5.32 Å². The number of rotatable bonds is 3. The molecule has 0 bridgehead atoms. The van der Waals surface area contributed by atoms with Crippen LogP contribution in [-0.2, 0) is 11.8 Å². The minimum absolute atomic E-state index is 0.0683. The topological polar surface area (TPSA) is 50.2 Å². The van der Waals surface area contributed by atoms with Gasteiger partial charge in [0.05, 0.1) is 23.1 Å². The number of anilines is 1. The Kier molecular flexibility index (Phi) is 4.48. The number of hydrogen-bond acceptors (Lipinski definition) is 3. The van der Waals surface area contributed by atoms with Gasteiger partial charge in [-0.1, -0.05) is 6.92 Å². The molecule has 1 aliphatic heterocycles. The third-order valence-corrected chi connectivity index (χ3v) is 4.50. The molecule has 1 aliphatic rings. The van der Waals surface area contributed by atoms with E-state index >= 15 is 0 Å². The van der Waals surface area contributed by atoms with E-state index < -0.39 is 0 Å². The summed E-state index contributed by atoms with van der Waals surface area (Å²) >= 11 is 0. The highest BCUT2D eigenvalue weighted by Crippen LogP contribution is 2.21. The molecule has 1 aromatic rings. The molecule has 0 aliphatic carbocycles. The predicted octanol–water partition coefficient (Wildman–Crippen LogP) is 2.10. The van der Waals surface area contributed by atoms with Crippen molar-refractivity contribution in [2.45, 2.75) is 46.6 Å². The van der Waals surface area contributed by atoms with Gasteiger partial charge in [-0.25, -0.2) is 0 Å². The van der Waals surface area contributed by atoms with Crippen molar-refractivity contribution < 1.29 is 4.79 Å². The third kappa shape index (κ3) is 3.03. The molecule has 1 amide bonds. The summed E-state index contributed by atoms with van der Waals surface area (Å²) in [5.74, 6) is 0.850. The highest BCUT2D eigenvalue weighted by molar-refractivity contribution is 5.95. The van der Waals surface area contributed by atoms with Crippen molar-refractivity contribution in [2.75, 3.05) is 18.4 Å². The molecule has 0 saturated carbocycles. The highest BCUT2D eigenvalue weighted by Gasteiger charge is 2.26. The molecule has 1 atom stereocenters. The van der Waals surface area contributed by atoms with Crippen molar-refractivity contribution in [1.82, 2.24) is 14.7 Å². The van der Waals surface area contributed by atoms with E-state index in [9.17, 15) is 4.79 Å². The Balaban J connectivity index is 2.01. The van der Waals surface area contributed by atoms with E-state index in [1.807, 2.05) is 27.8 Å². The lowest BCUT2D eigenvalue weighted by Crippen LogP contribution is -2.45. The second kappa shape index (κ2) is 5.95. The normalized spacial score (nSPS) is 19.1. The Morgan fingerprint density at radius 1 is 1.35 bits per heavy atom. The lowest BCUT2D eigenvalue weighted by Gasteiger charge is -2.34. The van der Waals surface area contributed by atoms with Crippen LogP contribution in [0.5, 0.6) is 0 Å². The number of aromatic nitrogens is 2. The molecule has 1 N–H and O–H groups in total. The largest absolute Gasteiger partial charge is 0.322 e. The molecule has 20 heavy (non-hydrogen) atoms. The zero-order chi connectivity index (χ0) is 14.9. The van der Waals surface area contributed by atoms with Crippen LogP contribution in [0.25, 0.3) is 0 Å². The number of likely N-dealkylation sites (tertiary alicyclic amines) is 1. The van der Waals surface area contributed by atoms with Gasteiger partial charge in [0.15, 0.2) is 0 Å². The first-order valence-corrected chi connectivity index (χ1v) is 7.45. The van der Waals surface area contributed by atoms with E-state index in [4.69, 9.17) is 0 Å². The number of amides is 1. The summed E-state index contributed by atoms with van der Waals surface area (Å²) in [5.41, 5.74) is 2.72. The molecule has 1 aromatic heterocycles. The lowest BCUT2D eigenvalue weighted by molar-refractivity contribution is -0.121. The first-order chi connectivity index (χ1) is 9.40. The van der Waals surface area contributed by atoms with Gasteiger partial charge >= 0.3 is 0 Å². The Bertz CT molecular complexity index is 486. The van der Waals surface area contributed by atoms with Gasteiger partial charge in [0.2, 0.25) is 5.91 Å². The molecule has 112 valence electrons. The number of piperidine rings is 1. The van der Waals surface area contributed by atoms with Crippen LogP contribution in [0.2, 0.25) is 0 Å². The molecule has 0 radical (unpaired) electrons. The van der Waals surface area contributed by atoms with Gasteiger partial charge in [0.1, 0.15) is 0 Å². The van der Waals surface area contributed by atoms with Crippen LogP contribution in [0.4, 0.5) is 5.69 Å². The number of hydrogen-bond donors (Lipinski definition) is 1. The maximum atomic E-state index is 12.4. The minimum Gasteiger partial charge on any atom is -0.322 e. The maximum absolute atomic E-state index is 12.4. The van der Waals surface area contributed by atoms with Crippen LogP contribution in [-0.4, -0.2) is 39.7 Å². The van der Waals surface area contributed by atoms with Gasteiger partial charge in [-0.3, -0.25) is 14.4 Å². The van der Waals surface area contributed by atoms with Crippen molar-refractivity contribution in [3.63, 3.8) is 0 Å². The summed E-state index contributed by atoms with van der Waals surface area (Å²) in [6.07, 6.45) is 2.37. The smallest absolute Gasteiger partial charge is 0.241 e. The van der Waals surface area contributed by atoms with Gasteiger partial charge < -0.3 is 5.32 Å². The number of nitrogens with one attached hydrogen (secondary N) is 1. The summed E-state index contributed by atoms with van der Waals surface area (Å²) in [4.78, 5) is 14.7. The molecule has 1 saturated heterocycles. The predicted molar refractivity (Wildman–Crippen MR) is 80.7 cm³/mol. The third-order valence-electron chi connectivity index (χ3n) is 4.50. The molecule has 1 fully saturated rings. The summed E-state index contributed by atoms with van der Waals surface area (Å²) in [6, 6.07) is -0.0819. The van der Waals surface area contributed by atoms with Crippen LogP contribution in [0.1, 0.15) is 38.1 Å². The Labute approximate surface area is 121 Å². The average Bonchev–Trinajstić information content (AvgIpc) is 2.65. The zero-order valence-corrected chi connectivity index (χ0v) is 13.2. The number of carbonyl (C=O) groups is 1.